The molecule has 3 heteroatoms. The van der Waals surface area contributed by atoms with Crippen molar-refractivity contribution in [2.75, 3.05) is 11.9 Å². The van der Waals surface area contributed by atoms with Crippen molar-refractivity contribution in [3.05, 3.63) is 29.3 Å². The van der Waals surface area contributed by atoms with Crippen LogP contribution in [0.2, 0.25) is 5.02 Å². The molecular formula is C9H9ClN2. The molecule has 2 nitrogen and oxygen atoms in total. The van der Waals surface area contributed by atoms with E-state index in [1.54, 1.807) is 0 Å². The third kappa shape index (κ3) is 2.44. The molecular weight excluding hydrogens is 172 g/mol. The summed E-state index contributed by atoms with van der Waals surface area (Å²) in [6.45, 7) is 0.639. The van der Waals surface area contributed by atoms with Gasteiger partial charge in [-0.3, -0.25) is 0 Å². The molecule has 12 heavy (non-hydrogen) atoms. The molecule has 1 N–H and O–H groups in total. The third-order valence-corrected chi connectivity index (χ3v) is 1.76. The second-order valence-electron chi connectivity index (χ2n) is 2.31. The van der Waals surface area contributed by atoms with E-state index in [0.29, 0.717) is 18.0 Å². The molecule has 0 atom stereocenters. The van der Waals surface area contributed by atoms with Crippen LogP contribution in [0.5, 0.6) is 0 Å². The number of nitrogens with one attached hydrogen (secondary N) is 1. The van der Waals surface area contributed by atoms with E-state index in [1.165, 1.54) is 0 Å². The summed E-state index contributed by atoms with van der Waals surface area (Å²) in [7, 11) is 0. The highest BCUT2D eigenvalue weighted by Gasteiger charge is 1.95. The molecule has 0 saturated carbocycles. The maximum absolute atomic E-state index is 8.29. The van der Waals surface area contributed by atoms with E-state index < -0.39 is 0 Å². The van der Waals surface area contributed by atoms with Crippen molar-refractivity contribution in [1.82, 2.24) is 0 Å². The van der Waals surface area contributed by atoms with Gasteiger partial charge in [0.15, 0.2) is 0 Å². The summed E-state index contributed by atoms with van der Waals surface area (Å²) in [6, 6.07) is 9.53. The van der Waals surface area contributed by atoms with Gasteiger partial charge in [-0.05, 0) is 12.1 Å². The summed E-state index contributed by atoms with van der Waals surface area (Å²) in [6.07, 6.45) is 0.491. The van der Waals surface area contributed by atoms with Crippen LogP contribution in [0.3, 0.4) is 0 Å². The molecule has 0 spiro atoms. The normalized spacial score (nSPS) is 9.00. The third-order valence-electron chi connectivity index (χ3n) is 1.43. The predicted octanol–water partition coefficient (Wildman–Crippen LogP) is 2.67. The van der Waals surface area contributed by atoms with E-state index in [9.17, 15) is 0 Å². The van der Waals surface area contributed by atoms with Crippen molar-refractivity contribution < 1.29 is 0 Å². The summed E-state index contributed by atoms with van der Waals surface area (Å²) in [5, 5.41) is 12.0. The van der Waals surface area contributed by atoms with E-state index >= 15 is 0 Å². The van der Waals surface area contributed by atoms with Crippen molar-refractivity contribution in [1.29, 1.82) is 5.26 Å². The van der Waals surface area contributed by atoms with Gasteiger partial charge in [0.1, 0.15) is 0 Å². The summed E-state index contributed by atoms with van der Waals surface area (Å²) in [4.78, 5) is 0. The first kappa shape index (κ1) is 8.89. The van der Waals surface area contributed by atoms with E-state index in [4.69, 9.17) is 16.9 Å². The van der Waals surface area contributed by atoms with E-state index in [0.717, 1.165) is 5.69 Å². The molecule has 0 radical (unpaired) electrons. The average molecular weight is 181 g/mol. The van der Waals surface area contributed by atoms with E-state index in [-0.39, 0.29) is 0 Å². The summed E-state index contributed by atoms with van der Waals surface area (Å²) < 4.78 is 0. The van der Waals surface area contributed by atoms with Crippen LogP contribution in [0.25, 0.3) is 0 Å². The minimum Gasteiger partial charge on any atom is -0.383 e. The van der Waals surface area contributed by atoms with Crippen LogP contribution in [0.4, 0.5) is 5.69 Å². The molecule has 0 amide bonds. The highest BCUT2D eigenvalue weighted by Crippen LogP contribution is 2.19. The lowest BCUT2D eigenvalue weighted by molar-refractivity contribution is 1.08. The molecule has 0 unspecified atom stereocenters. The van der Waals surface area contributed by atoms with Crippen LogP contribution in [0.15, 0.2) is 24.3 Å². The van der Waals surface area contributed by atoms with Gasteiger partial charge in [0.05, 0.1) is 23.2 Å². The monoisotopic (exact) mass is 180 g/mol. The number of hydrogen-bond acceptors (Lipinski definition) is 2. The molecule has 0 fully saturated rings. The van der Waals surface area contributed by atoms with Gasteiger partial charge >= 0.3 is 0 Å². The fourth-order valence-electron chi connectivity index (χ4n) is 0.858. The quantitative estimate of drug-likeness (QED) is 0.726. The molecule has 0 aliphatic heterocycles. The molecule has 0 aromatic heterocycles. The average Bonchev–Trinajstić information content (AvgIpc) is 2.09. The first-order chi connectivity index (χ1) is 5.84. The largest absolute Gasteiger partial charge is 0.383 e. The second kappa shape index (κ2) is 4.63. The molecule has 0 aliphatic rings. The van der Waals surface area contributed by atoms with Crippen molar-refractivity contribution in [2.24, 2.45) is 0 Å². The zero-order valence-corrected chi connectivity index (χ0v) is 7.30. The Morgan fingerprint density at radius 3 is 2.83 bits per heavy atom. The van der Waals surface area contributed by atoms with Gasteiger partial charge < -0.3 is 5.32 Å². The first-order valence-corrected chi connectivity index (χ1v) is 4.08. The highest BCUT2D eigenvalue weighted by molar-refractivity contribution is 6.33. The maximum atomic E-state index is 8.29. The maximum Gasteiger partial charge on any atom is 0.0640 e. The number of halogens is 1. The Balaban J connectivity index is 2.53. The number of anilines is 1. The zero-order chi connectivity index (χ0) is 8.81. The number of para-hydroxylation sites is 1. The number of nitriles is 1. The standard InChI is InChI=1S/C9H9ClN2/c10-8-4-1-2-5-9(8)12-7-3-6-11/h1-2,4-5,12H,3,7H2. The Morgan fingerprint density at radius 2 is 2.17 bits per heavy atom. The topological polar surface area (TPSA) is 35.8 Å². The van der Waals surface area contributed by atoms with Crippen LogP contribution in [0.1, 0.15) is 6.42 Å². The van der Waals surface area contributed by atoms with Crippen molar-refractivity contribution in [3.8, 4) is 6.07 Å². The number of rotatable bonds is 3. The van der Waals surface area contributed by atoms with Crippen LogP contribution < -0.4 is 5.32 Å². The Morgan fingerprint density at radius 1 is 1.42 bits per heavy atom. The van der Waals surface area contributed by atoms with Crippen LogP contribution in [0, 0.1) is 11.3 Å². The molecule has 0 heterocycles. The van der Waals surface area contributed by atoms with Crippen LogP contribution in [-0.2, 0) is 0 Å². The summed E-state index contributed by atoms with van der Waals surface area (Å²) in [5.41, 5.74) is 0.884. The SMILES string of the molecule is N#CCCNc1ccccc1Cl. The van der Waals surface area contributed by atoms with E-state index in [1.807, 2.05) is 24.3 Å². The lowest BCUT2D eigenvalue weighted by atomic mass is 10.3. The number of benzene rings is 1. The predicted molar refractivity (Wildman–Crippen MR) is 50.2 cm³/mol. The van der Waals surface area contributed by atoms with Crippen molar-refractivity contribution in [2.45, 2.75) is 6.42 Å². The number of nitrogens with zero attached hydrogens (tertiary/aromatic N) is 1. The second-order valence-corrected chi connectivity index (χ2v) is 2.72. The molecule has 0 bridgehead atoms. The molecule has 0 aliphatic carbocycles. The van der Waals surface area contributed by atoms with Gasteiger partial charge in [0.2, 0.25) is 0 Å². The molecule has 1 aromatic carbocycles. The molecule has 1 aromatic rings. The van der Waals surface area contributed by atoms with E-state index in [2.05, 4.69) is 11.4 Å². The van der Waals surface area contributed by atoms with Gasteiger partial charge in [-0.25, -0.2) is 0 Å². The van der Waals surface area contributed by atoms with Gasteiger partial charge in [-0.1, -0.05) is 23.7 Å². The summed E-state index contributed by atoms with van der Waals surface area (Å²) >= 11 is 5.86. The lowest BCUT2D eigenvalue weighted by Crippen LogP contribution is -2.00. The molecule has 1 rings (SSSR count). The Kier molecular flexibility index (Phi) is 3.43. The van der Waals surface area contributed by atoms with Crippen LogP contribution in [-0.4, -0.2) is 6.54 Å². The first-order valence-electron chi connectivity index (χ1n) is 3.70. The fraction of sp³-hybridized carbons (Fsp3) is 0.222. The highest BCUT2D eigenvalue weighted by atomic mass is 35.5. The van der Waals surface area contributed by atoms with Gasteiger partial charge in [0, 0.05) is 6.54 Å². The smallest absolute Gasteiger partial charge is 0.0640 e. The lowest BCUT2D eigenvalue weighted by Gasteiger charge is -2.04. The van der Waals surface area contributed by atoms with Gasteiger partial charge in [0.25, 0.3) is 0 Å². The van der Waals surface area contributed by atoms with Crippen LogP contribution >= 0.6 is 11.6 Å². The van der Waals surface area contributed by atoms with Gasteiger partial charge in [-0.15, -0.1) is 0 Å². The van der Waals surface area contributed by atoms with Crippen molar-refractivity contribution >= 4 is 17.3 Å². The Hall–Kier alpha value is -1.20. The minimum absolute atomic E-state index is 0.491. The number of hydrogen-bond donors (Lipinski definition) is 1. The molecule has 0 saturated heterocycles. The van der Waals surface area contributed by atoms with Gasteiger partial charge in [-0.2, -0.15) is 5.26 Å². The minimum atomic E-state index is 0.491. The molecule has 62 valence electrons. The summed E-state index contributed by atoms with van der Waals surface area (Å²) in [5.74, 6) is 0. The van der Waals surface area contributed by atoms with Crippen molar-refractivity contribution in [3.63, 3.8) is 0 Å². The zero-order valence-electron chi connectivity index (χ0n) is 6.55. The Bertz CT molecular complexity index is 291. The fourth-order valence-corrected chi connectivity index (χ4v) is 1.06. The Labute approximate surface area is 76.8 Å².